The van der Waals surface area contributed by atoms with Gasteiger partial charge < -0.3 is 5.32 Å². The Bertz CT molecular complexity index is 547. The van der Waals surface area contributed by atoms with Crippen LogP contribution in [0.2, 0.25) is 0 Å². The molecule has 0 bridgehead atoms. The molecule has 0 saturated carbocycles. The van der Waals surface area contributed by atoms with Crippen molar-refractivity contribution in [3.05, 3.63) is 41.0 Å². The van der Waals surface area contributed by atoms with Gasteiger partial charge in [0.25, 0.3) is 0 Å². The second kappa shape index (κ2) is 5.93. The quantitative estimate of drug-likeness (QED) is 0.891. The molecule has 1 atom stereocenters. The topological polar surface area (TPSA) is 55.6 Å². The molecule has 0 fully saturated rings. The van der Waals surface area contributed by atoms with Crippen LogP contribution in [0.25, 0.3) is 0 Å². The molecular formula is C14H21N5. The SMILES string of the molecule is CCCNC(c1ccc(C)nc1C)c1cnnn1C. The van der Waals surface area contributed by atoms with Crippen LogP contribution in [-0.4, -0.2) is 26.5 Å². The Morgan fingerprint density at radius 1 is 1.32 bits per heavy atom. The Labute approximate surface area is 114 Å². The van der Waals surface area contributed by atoms with Crippen LogP contribution in [0, 0.1) is 13.8 Å². The van der Waals surface area contributed by atoms with Gasteiger partial charge in [0, 0.05) is 18.4 Å². The Morgan fingerprint density at radius 3 is 2.68 bits per heavy atom. The van der Waals surface area contributed by atoms with E-state index in [9.17, 15) is 0 Å². The van der Waals surface area contributed by atoms with E-state index in [0.717, 1.165) is 30.0 Å². The number of hydrogen-bond donors (Lipinski definition) is 1. The van der Waals surface area contributed by atoms with E-state index in [1.54, 1.807) is 0 Å². The van der Waals surface area contributed by atoms with Crippen LogP contribution in [-0.2, 0) is 7.05 Å². The lowest BCUT2D eigenvalue weighted by atomic mass is 10.0. The van der Waals surface area contributed by atoms with Gasteiger partial charge in [-0.2, -0.15) is 0 Å². The van der Waals surface area contributed by atoms with Crippen LogP contribution in [0.5, 0.6) is 0 Å². The van der Waals surface area contributed by atoms with Crippen molar-refractivity contribution in [2.75, 3.05) is 6.54 Å². The van der Waals surface area contributed by atoms with Gasteiger partial charge >= 0.3 is 0 Å². The molecule has 0 aromatic carbocycles. The van der Waals surface area contributed by atoms with Crippen molar-refractivity contribution in [3.63, 3.8) is 0 Å². The van der Waals surface area contributed by atoms with Gasteiger partial charge in [-0.1, -0.05) is 18.2 Å². The molecule has 2 aromatic rings. The van der Waals surface area contributed by atoms with Gasteiger partial charge in [-0.05, 0) is 38.4 Å². The van der Waals surface area contributed by atoms with E-state index in [2.05, 4.69) is 33.6 Å². The third-order valence-corrected chi connectivity index (χ3v) is 3.22. The molecule has 0 radical (unpaired) electrons. The first kappa shape index (κ1) is 13.7. The second-order valence-electron chi connectivity index (χ2n) is 4.80. The third-order valence-electron chi connectivity index (χ3n) is 3.22. The summed E-state index contributed by atoms with van der Waals surface area (Å²) in [6, 6.07) is 4.28. The predicted octanol–water partition coefficient (Wildman–Crippen LogP) is 1.92. The zero-order chi connectivity index (χ0) is 13.8. The summed E-state index contributed by atoms with van der Waals surface area (Å²) in [5.74, 6) is 0. The first-order valence-corrected chi connectivity index (χ1v) is 6.65. The molecule has 5 nitrogen and oxygen atoms in total. The van der Waals surface area contributed by atoms with E-state index >= 15 is 0 Å². The van der Waals surface area contributed by atoms with Crippen molar-refractivity contribution in [3.8, 4) is 0 Å². The fraction of sp³-hybridized carbons (Fsp3) is 0.500. The lowest BCUT2D eigenvalue weighted by molar-refractivity contribution is 0.547. The van der Waals surface area contributed by atoms with E-state index in [0.29, 0.717) is 0 Å². The molecule has 0 aliphatic carbocycles. The largest absolute Gasteiger partial charge is 0.305 e. The Balaban J connectivity index is 2.40. The molecule has 0 spiro atoms. The van der Waals surface area contributed by atoms with E-state index in [-0.39, 0.29) is 6.04 Å². The number of nitrogens with one attached hydrogen (secondary N) is 1. The summed E-state index contributed by atoms with van der Waals surface area (Å²) in [5, 5.41) is 11.5. The summed E-state index contributed by atoms with van der Waals surface area (Å²) in [6.45, 7) is 7.17. The zero-order valence-corrected chi connectivity index (χ0v) is 12.0. The van der Waals surface area contributed by atoms with Crippen LogP contribution in [0.15, 0.2) is 18.3 Å². The molecule has 102 valence electrons. The van der Waals surface area contributed by atoms with Gasteiger partial charge in [-0.25, -0.2) is 0 Å². The maximum absolute atomic E-state index is 4.55. The molecule has 5 heteroatoms. The fourth-order valence-electron chi connectivity index (χ4n) is 2.22. The van der Waals surface area contributed by atoms with E-state index in [4.69, 9.17) is 0 Å². The Hall–Kier alpha value is -1.75. The van der Waals surface area contributed by atoms with Crippen molar-refractivity contribution in [2.45, 2.75) is 33.2 Å². The van der Waals surface area contributed by atoms with Crippen molar-refractivity contribution in [1.82, 2.24) is 25.3 Å². The lowest BCUT2D eigenvalue weighted by Crippen LogP contribution is -2.26. The lowest BCUT2D eigenvalue weighted by Gasteiger charge is -2.20. The Kier molecular flexibility index (Phi) is 4.27. The molecule has 0 amide bonds. The maximum atomic E-state index is 4.55. The molecule has 0 saturated heterocycles. The highest BCUT2D eigenvalue weighted by Crippen LogP contribution is 2.23. The number of aryl methyl sites for hydroxylation is 3. The van der Waals surface area contributed by atoms with Crippen molar-refractivity contribution in [2.24, 2.45) is 7.05 Å². The molecule has 1 unspecified atom stereocenters. The highest BCUT2D eigenvalue weighted by atomic mass is 15.4. The summed E-state index contributed by atoms with van der Waals surface area (Å²) in [4.78, 5) is 4.55. The summed E-state index contributed by atoms with van der Waals surface area (Å²) >= 11 is 0. The van der Waals surface area contributed by atoms with E-state index in [1.165, 1.54) is 5.56 Å². The molecule has 0 aliphatic heterocycles. The maximum Gasteiger partial charge on any atom is 0.0799 e. The number of pyridine rings is 1. The van der Waals surface area contributed by atoms with Gasteiger partial charge in [-0.3, -0.25) is 9.67 Å². The highest BCUT2D eigenvalue weighted by molar-refractivity contribution is 5.31. The minimum atomic E-state index is 0.0908. The van der Waals surface area contributed by atoms with Crippen molar-refractivity contribution >= 4 is 0 Å². The van der Waals surface area contributed by atoms with Crippen LogP contribution < -0.4 is 5.32 Å². The molecule has 2 heterocycles. The summed E-state index contributed by atoms with van der Waals surface area (Å²) in [6.07, 6.45) is 2.90. The van der Waals surface area contributed by atoms with Gasteiger partial charge in [-0.15, -0.1) is 5.10 Å². The van der Waals surface area contributed by atoms with Crippen molar-refractivity contribution in [1.29, 1.82) is 0 Å². The predicted molar refractivity (Wildman–Crippen MR) is 74.9 cm³/mol. The summed E-state index contributed by atoms with van der Waals surface area (Å²) in [5.41, 5.74) is 4.33. The number of nitrogens with zero attached hydrogens (tertiary/aromatic N) is 4. The van der Waals surface area contributed by atoms with Gasteiger partial charge in [0.15, 0.2) is 0 Å². The monoisotopic (exact) mass is 259 g/mol. The van der Waals surface area contributed by atoms with E-state index in [1.807, 2.05) is 37.8 Å². The molecule has 2 rings (SSSR count). The number of rotatable bonds is 5. The van der Waals surface area contributed by atoms with E-state index < -0.39 is 0 Å². The average molecular weight is 259 g/mol. The zero-order valence-electron chi connectivity index (χ0n) is 12.0. The highest BCUT2D eigenvalue weighted by Gasteiger charge is 2.19. The summed E-state index contributed by atoms with van der Waals surface area (Å²) < 4.78 is 1.81. The van der Waals surface area contributed by atoms with Gasteiger partial charge in [0.2, 0.25) is 0 Å². The molecule has 2 aromatic heterocycles. The number of aromatic nitrogens is 4. The second-order valence-corrected chi connectivity index (χ2v) is 4.80. The van der Waals surface area contributed by atoms with Gasteiger partial charge in [0.1, 0.15) is 0 Å². The van der Waals surface area contributed by atoms with Crippen LogP contribution in [0.3, 0.4) is 0 Å². The summed E-state index contributed by atoms with van der Waals surface area (Å²) in [7, 11) is 1.92. The minimum Gasteiger partial charge on any atom is -0.305 e. The first-order valence-electron chi connectivity index (χ1n) is 6.65. The van der Waals surface area contributed by atoms with Crippen LogP contribution >= 0.6 is 0 Å². The third kappa shape index (κ3) is 2.98. The first-order chi connectivity index (χ1) is 9.13. The standard InChI is InChI=1S/C14H21N5/c1-5-8-15-14(13-9-16-18-19(13)4)12-7-6-10(2)17-11(12)3/h6-7,9,14-15H,5,8H2,1-4H3. The molecule has 1 N–H and O–H groups in total. The number of hydrogen-bond acceptors (Lipinski definition) is 4. The van der Waals surface area contributed by atoms with Crippen LogP contribution in [0.4, 0.5) is 0 Å². The molecule has 19 heavy (non-hydrogen) atoms. The smallest absolute Gasteiger partial charge is 0.0799 e. The minimum absolute atomic E-state index is 0.0908. The van der Waals surface area contributed by atoms with Crippen molar-refractivity contribution < 1.29 is 0 Å². The van der Waals surface area contributed by atoms with Gasteiger partial charge in [0.05, 0.1) is 17.9 Å². The average Bonchev–Trinajstić information content (AvgIpc) is 2.78. The molecule has 0 aliphatic rings. The molecular weight excluding hydrogens is 238 g/mol. The van der Waals surface area contributed by atoms with Crippen LogP contribution in [0.1, 0.15) is 42.0 Å². The Morgan fingerprint density at radius 2 is 2.11 bits per heavy atom. The fourth-order valence-corrected chi connectivity index (χ4v) is 2.22. The normalized spacial score (nSPS) is 12.6.